The van der Waals surface area contributed by atoms with E-state index in [1.807, 2.05) is 11.8 Å². The maximum Gasteiger partial charge on any atom is 0.240 e. The summed E-state index contributed by atoms with van der Waals surface area (Å²) in [6.07, 6.45) is 1.90. The molecular formula is C11H20N2O2. The second kappa shape index (κ2) is 4.10. The molecule has 0 bridgehead atoms. The van der Waals surface area contributed by atoms with Gasteiger partial charge >= 0.3 is 0 Å². The van der Waals surface area contributed by atoms with Gasteiger partial charge in [0.2, 0.25) is 5.91 Å². The zero-order chi connectivity index (χ0) is 10.9. The molecule has 2 aliphatic rings. The minimum atomic E-state index is -0.0543. The van der Waals surface area contributed by atoms with E-state index in [1.165, 1.54) is 0 Å². The number of carbonyl (C=O) groups is 1. The van der Waals surface area contributed by atoms with Gasteiger partial charge in [-0.1, -0.05) is 6.92 Å². The van der Waals surface area contributed by atoms with Gasteiger partial charge in [-0.15, -0.1) is 0 Å². The van der Waals surface area contributed by atoms with Crippen molar-refractivity contribution >= 4 is 5.91 Å². The third-order valence-electron chi connectivity index (χ3n) is 3.51. The maximum atomic E-state index is 12.1. The van der Waals surface area contributed by atoms with E-state index in [1.54, 1.807) is 0 Å². The number of carbonyl (C=O) groups excluding carboxylic acids is 1. The molecule has 0 aromatic rings. The number of likely N-dealkylation sites (N-methyl/N-ethyl adjacent to an activating group) is 1. The Hall–Kier alpha value is -0.610. The van der Waals surface area contributed by atoms with Gasteiger partial charge in [0.25, 0.3) is 0 Å². The van der Waals surface area contributed by atoms with Gasteiger partial charge in [0.05, 0.1) is 18.2 Å². The molecule has 2 rings (SSSR count). The molecule has 0 aliphatic carbocycles. The standard InChI is InChI=1S/C11H20N2O2/c1-3-12-9-4-6-13(10(9)14)11(2)5-7-15-8-11/h9,12H,3-8H2,1-2H3. The summed E-state index contributed by atoms with van der Waals surface area (Å²) >= 11 is 0. The highest BCUT2D eigenvalue weighted by Crippen LogP contribution is 2.29. The summed E-state index contributed by atoms with van der Waals surface area (Å²) in [7, 11) is 0. The molecule has 0 spiro atoms. The molecule has 2 atom stereocenters. The van der Waals surface area contributed by atoms with Crippen molar-refractivity contribution in [3.63, 3.8) is 0 Å². The number of hydrogen-bond donors (Lipinski definition) is 1. The molecule has 2 saturated heterocycles. The highest BCUT2D eigenvalue weighted by atomic mass is 16.5. The topological polar surface area (TPSA) is 41.6 Å². The van der Waals surface area contributed by atoms with Gasteiger partial charge in [-0.05, 0) is 26.3 Å². The van der Waals surface area contributed by atoms with Crippen LogP contribution in [0.25, 0.3) is 0 Å². The van der Waals surface area contributed by atoms with E-state index >= 15 is 0 Å². The zero-order valence-electron chi connectivity index (χ0n) is 9.58. The normalized spacial score (nSPS) is 36.5. The van der Waals surface area contributed by atoms with Crippen LogP contribution in [0.2, 0.25) is 0 Å². The smallest absolute Gasteiger partial charge is 0.240 e. The monoisotopic (exact) mass is 212 g/mol. The zero-order valence-corrected chi connectivity index (χ0v) is 9.58. The van der Waals surface area contributed by atoms with Gasteiger partial charge in [-0.25, -0.2) is 0 Å². The van der Waals surface area contributed by atoms with Gasteiger partial charge in [0.1, 0.15) is 0 Å². The van der Waals surface area contributed by atoms with Crippen molar-refractivity contribution < 1.29 is 9.53 Å². The first-order chi connectivity index (χ1) is 7.17. The van der Waals surface area contributed by atoms with Crippen molar-refractivity contribution in [2.75, 3.05) is 26.3 Å². The molecule has 2 aliphatic heterocycles. The minimum Gasteiger partial charge on any atom is -0.379 e. The molecule has 86 valence electrons. The van der Waals surface area contributed by atoms with Gasteiger partial charge in [-0.3, -0.25) is 4.79 Å². The van der Waals surface area contributed by atoms with E-state index < -0.39 is 0 Å². The third kappa shape index (κ3) is 1.88. The van der Waals surface area contributed by atoms with Crippen molar-refractivity contribution in [3.8, 4) is 0 Å². The summed E-state index contributed by atoms with van der Waals surface area (Å²) in [4.78, 5) is 14.1. The summed E-state index contributed by atoms with van der Waals surface area (Å²) in [5, 5.41) is 3.23. The number of nitrogens with zero attached hydrogens (tertiary/aromatic N) is 1. The minimum absolute atomic E-state index is 0.0347. The number of rotatable bonds is 3. The van der Waals surface area contributed by atoms with Crippen LogP contribution in [0.1, 0.15) is 26.7 Å². The van der Waals surface area contributed by atoms with E-state index in [-0.39, 0.29) is 17.5 Å². The maximum absolute atomic E-state index is 12.1. The summed E-state index contributed by atoms with van der Waals surface area (Å²) < 4.78 is 5.40. The fourth-order valence-electron chi connectivity index (χ4n) is 2.52. The molecule has 0 aromatic heterocycles. The second-order valence-electron chi connectivity index (χ2n) is 4.69. The van der Waals surface area contributed by atoms with E-state index in [4.69, 9.17) is 4.74 Å². The fraction of sp³-hybridized carbons (Fsp3) is 0.909. The average Bonchev–Trinajstić information content (AvgIpc) is 2.77. The lowest BCUT2D eigenvalue weighted by molar-refractivity contribution is -0.134. The summed E-state index contributed by atoms with van der Waals surface area (Å²) in [6, 6.07) is 0.0347. The Morgan fingerprint density at radius 2 is 2.47 bits per heavy atom. The molecule has 2 fully saturated rings. The van der Waals surface area contributed by atoms with Crippen molar-refractivity contribution in [3.05, 3.63) is 0 Å². The molecular weight excluding hydrogens is 192 g/mol. The Morgan fingerprint density at radius 3 is 3.07 bits per heavy atom. The van der Waals surface area contributed by atoms with E-state index in [9.17, 15) is 4.79 Å². The van der Waals surface area contributed by atoms with Crippen LogP contribution in [0.4, 0.5) is 0 Å². The Morgan fingerprint density at radius 1 is 1.67 bits per heavy atom. The Kier molecular flexibility index (Phi) is 2.98. The molecule has 2 heterocycles. The summed E-state index contributed by atoms with van der Waals surface area (Å²) in [6.45, 7) is 7.38. The lowest BCUT2D eigenvalue weighted by Gasteiger charge is -2.34. The van der Waals surface area contributed by atoms with Gasteiger partial charge < -0.3 is 15.0 Å². The van der Waals surface area contributed by atoms with Crippen LogP contribution in [-0.2, 0) is 9.53 Å². The molecule has 0 saturated carbocycles. The lowest BCUT2D eigenvalue weighted by atomic mass is 10.00. The van der Waals surface area contributed by atoms with Crippen LogP contribution in [0.5, 0.6) is 0 Å². The van der Waals surface area contributed by atoms with Crippen LogP contribution >= 0.6 is 0 Å². The summed E-state index contributed by atoms with van der Waals surface area (Å²) in [5.41, 5.74) is -0.0543. The number of nitrogens with one attached hydrogen (secondary N) is 1. The highest BCUT2D eigenvalue weighted by Gasteiger charge is 2.44. The molecule has 4 heteroatoms. The van der Waals surface area contributed by atoms with Gasteiger partial charge in [0.15, 0.2) is 0 Å². The first kappa shape index (κ1) is 10.9. The van der Waals surface area contributed by atoms with Crippen LogP contribution in [-0.4, -0.2) is 48.7 Å². The van der Waals surface area contributed by atoms with Crippen LogP contribution in [0.3, 0.4) is 0 Å². The highest BCUT2D eigenvalue weighted by molar-refractivity contribution is 5.84. The second-order valence-corrected chi connectivity index (χ2v) is 4.69. The molecule has 4 nitrogen and oxygen atoms in total. The van der Waals surface area contributed by atoms with Gasteiger partial charge in [0, 0.05) is 13.2 Å². The first-order valence-corrected chi connectivity index (χ1v) is 5.80. The van der Waals surface area contributed by atoms with Crippen LogP contribution in [0.15, 0.2) is 0 Å². The number of likely N-dealkylation sites (tertiary alicyclic amines) is 1. The lowest BCUT2D eigenvalue weighted by Crippen LogP contribution is -2.50. The first-order valence-electron chi connectivity index (χ1n) is 5.80. The van der Waals surface area contributed by atoms with E-state index in [0.717, 1.165) is 32.5 Å². The van der Waals surface area contributed by atoms with E-state index in [2.05, 4.69) is 12.2 Å². The fourth-order valence-corrected chi connectivity index (χ4v) is 2.52. The number of amides is 1. The van der Waals surface area contributed by atoms with Crippen molar-refractivity contribution in [1.82, 2.24) is 10.2 Å². The van der Waals surface area contributed by atoms with Crippen molar-refractivity contribution in [2.45, 2.75) is 38.3 Å². The van der Waals surface area contributed by atoms with Gasteiger partial charge in [-0.2, -0.15) is 0 Å². The third-order valence-corrected chi connectivity index (χ3v) is 3.51. The molecule has 15 heavy (non-hydrogen) atoms. The molecule has 0 radical (unpaired) electrons. The molecule has 1 amide bonds. The Bertz CT molecular complexity index is 249. The predicted octanol–water partition coefficient (Wildman–Crippen LogP) is 0.376. The SMILES string of the molecule is CCNC1CCN(C2(C)CCOC2)C1=O. The van der Waals surface area contributed by atoms with Crippen molar-refractivity contribution in [2.24, 2.45) is 0 Å². The Balaban J connectivity index is 2.03. The van der Waals surface area contributed by atoms with E-state index in [0.29, 0.717) is 6.61 Å². The Labute approximate surface area is 91.0 Å². The van der Waals surface area contributed by atoms with Crippen LogP contribution < -0.4 is 5.32 Å². The average molecular weight is 212 g/mol. The quantitative estimate of drug-likeness (QED) is 0.735. The number of ether oxygens (including phenoxy) is 1. The van der Waals surface area contributed by atoms with Crippen molar-refractivity contribution in [1.29, 1.82) is 0 Å². The summed E-state index contributed by atoms with van der Waals surface area (Å²) in [5.74, 6) is 0.254. The predicted molar refractivity (Wildman–Crippen MR) is 57.6 cm³/mol. The molecule has 1 N–H and O–H groups in total. The molecule has 2 unspecified atom stereocenters. The molecule has 0 aromatic carbocycles. The van der Waals surface area contributed by atoms with Crippen LogP contribution in [0, 0.1) is 0 Å². The largest absolute Gasteiger partial charge is 0.379 e. The number of hydrogen-bond acceptors (Lipinski definition) is 3.